The van der Waals surface area contributed by atoms with E-state index in [2.05, 4.69) is 5.32 Å². The van der Waals surface area contributed by atoms with Crippen molar-refractivity contribution in [1.29, 1.82) is 0 Å². The molecule has 21 heavy (non-hydrogen) atoms. The van der Waals surface area contributed by atoms with Gasteiger partial charge in [-0.1, -0.05) is 13.3 Å². The Labute approximate surface area is 124 Å². The molecule has 1 saturated heterocycles. The fourth-order valence-electron chi connectivity index (χ4n) is 2.90. The van der Waals surface area contributed by atoms with Gasteiger partial charge in [-0.25, -0.2) is 9.18 Å². The first-order valence-electron chi connectivity index (χ1n) is 7.35. The molecule has 0 amide bonds. The molecular weight excluding hydrogens is 273 g/mol. The van der Waals surface area contributed by atoms with Gasteiger partial charge in [-0.15, -0.1) is 0 Å². The zero-order chi connectivity index (χ0) is 15.5. The molecule has 4 nitrogen and oxygen atoms in total. The van der Waals surface area contributed by atoms with E-state index < -0.39 is 11.5 Å². The first-order chi connectivity index (χ1) is 9.95. The Morgan fingerprint density at radius 3 is 2.90 bits per heavy atom. The van der Waals surface area contributed by atoms with E-state index in [1.807, 2.05) is 6.92 Å². The highest BCUT2D eigenvalue weighted by molar-refractivity contribution is 5.83. The molecule has 1 fully saturated rings. The number of nitrogens with one attached hydrogen (secondary N) is 1. The van der Waals surface area contributed by atoms with Crippen LogP contribution in [0.25, 0.3) is 0 Å². The third-order valence-corrected chi connectivity index (χ3v) is 3.90. The average Bonchev–Trinajstić information content (AvgIpc) is 2.38. The van der Waals surface area contributed by atoms with Gasteiger partial charge in [0.1, 0.15) is 11.4 Å². The highest BCUT2D eigenvalue weighted by Crippen LogP contribution is 2.31. The van der Waals surface area contributed by atoms with Crippen LogP contribution in [0.5, 0.6) is 0 Å². The van der Waals surface area contributed by atoms with Crippen molar-refractivity contribution in [2.24, 2.45) is 0 Å². The number of hydrogen-bond acceptors (Lipinski definition) is 3. The Morgan fingerprint density at radius 1 is 1.52 bits per heavy atom. The molecule has 0 aliphatic carbocycles. The molecule has 2 rings (SSSR count). The average molecular weight is 295 g/mol. The maximum Gasteiger partial charge on any atom is 0.329 e. The highest BCUT2D eigenvalue weighted by atomic mass is 19.1. The number of ether oxygens (including phenoxy) is 1. The van der Waals surface area contributed by atoms with Crippen molar-refractivity contribution in [3.8, 4) is 0 Å². The number of rotatable bonds is 5. The number of aryl methyl sites for hydroxylation is 1. The van der Waals surface area contributed by atoms with E-state index >= 15 is 0 Å². The Kier molecular flexibility index (Phi) is 4.83. The number of carboxylic acids is 1. The van der Waals surface area contributed by atoms with Gasteiger partial charge in [0, 0.05) is 25.1 Å². The molecule has 0 spiro atoms. The van der Waals surface area contributed by atoms with Gasteiger partial charge < -0.3 is 15.2 Å². The van der Waals surface area contributed by atoms with Crippen LogP contribution in [0, 0.1) is 12.7 Å². The lowest BCUT2D eigenvalue weighted by Gasteiger charge is -2.39. The van der Waals surface area contributed by atoms with Crippen molar-refractivity contribution in [3.63, 3.8) is 0 Å². The van der Waals surface area contributed by atoms with Gasteiger partial charge in [0.05, 0.1) is 6.10 Å². The number of benzene rings is 1. The number of halogens is 1. The summed E-state index contributed by atoms with van der Waals surface area (Å²) < 4.78 is 19.1. The summed E-state index contributed by atoms with van der Waals surface area (Å²) in [5.41, 5.74) is 0.181. The van der Waals surface area contributed by atoms with E-state index in [0.29, 0.717) is 25.1 Å². The van der Waals surface area contributed by atoms with E-state index in [4.69, 9.17) is 4.74 Å². The van der Waals surface area contributed by atoms with Gasteiger partial charge in [-0.05, 0) is 37.1 Å². The van der Waals surface area contributed by atoms with Crippen LogP contribution in [0.4, 0.5) is 10.1 Å². The normalized spacial score (nSPS) is 25.6. The SMILES string of the molecule is CCCC1CC(Nc2cc(C)cc(F)c2)(C(=O)O)CCO1. The Hall–Kier alpha value is -1.62. The van der Waals surface area contributed by atoms with E-state index in [9.17, 15) is 14.3 Å². The summed E-state index contributed by atoms with van der Waals surface area (Å²) in [4.78, 5) is 11.8. The second-order valence-corrected chi connectivity index (χ2v) is 5.77. The molecule has 2 unspecified atom stereocenters. The summed E-state index contributed by atoms with van der Waals surface area (Å²) in [6.07, 6.45) is 2.48. The van der Waals surface area contributed by atoms with Crippen molar-refractivity contribution in [1.82, 2.24) is 0 Å². The van der Waals surface area contributed by atoms with Crippen molar-refractivity contribution in [2.75, 3.05) is 11.9 Å². The maximum absolute atomic E-state index is 13.5. The summed E-state index contributed by atoms with van der Waals surface area (Å²) in [6.45, 7) is 4.23. The molecule has 1 aromatic carbocycles. The molecule has 116 valence electrons. The molecule has 1 aliphatic rings. The zero-order valence-electron chi connectivity index (χ0n) is 12.5. The number of carbonyl (C=O) groups is 1. The zero-order valence-corrected chi connectivity index (χ0v) is 12.5. The molecule has 2 atom stereocenters. The lowest BCUT2D eigenvalue weighted by Crippen LogP contribution is -2.53. The summed E-state index contributed by atoms with van der Waals surface area (Å²) in [5, 5.41) is 12.7. The largest absolute Gasteiger partial charge is 0.480 e. The van der Waals surface area contributed by atoms with Gasteiger partial charge in [0.2, 0.25) is 0 Å². The Balaban J connectivity index is 2.23. The molecule has 1 aliphatic heterocycles. The van der Waals surface area contributed by atoms with E-state index in [-0.39, 0.29) is 11.9 Å². The van der Waals surface area contributed by atoms with E-state index in [1.54, 1.807) is 13.0 Å². The molecule has 1 heterocycles. The number of hydrogen-bond donors (Lipinski definition) is 2. The van der Waals surface area contributed by atoms with Crippen LogP contribution < -0.4 is 5.32 Å². The number of anilines is 1. The summed E-state index contributed by atoms with van der Waals surface area (Å²) >= 11 is 0. The quantitative estimate of drug-likeness (QED) is 0.874. The van der Waals surface area contributed by atoms with Crippen LogP contribution in [0.15, 0.2) is 18.2 Å². The Bertz CT molecular complexity index is 498. The lowest BCUT2D eigenvalue weighted by atomic mass is 9.85. The predicted molar refractivity (Wildman–Crippen MR) is 79.0 cm³/mol. The lowest BCUT2D eigenvalue weighted by molar-refractivity contribution is -0.148. The number of aliphatic carboxylic acids is 1. The maximum atomic E-state index is 13.5. The van der Waals surface area contributed by atoms with Crippen LogP contribution in [-0.2, 0) is 9.53 Å². The van der Waals surface area contributed by atoms with E-state index in [0.717, 1.165) is 18.4 Å². The third-order valence-electron chi connectivity index (χ3n) is 3.90. The fourth-order valence-corrected chi connectivity index (χ4v) is 2.90. The van der Waals surface area contributed by atoms with Gasteiger partial charge in [-0.3, -0.25) is 0 Å². The number of carboxylic acid groups (broad SMARTS) is 1. The summed E-state index contributed by atoms with van der Waals surface area (Å²) in [5.74, 6) is -1.27. The van der Waals surface area contributed by atoms with Gasteiger partial charge in [0.15, 0.2) is 0 Å². The minimum Gasteiger partial charge on any atom is -0.480 e. The summed E-state index contributed by atoms with van der Waals surface area (Å²) in [6, 6.07) is 4.52. The fraction of sp³-hybridized carbons (Fsp3) is 0.562. The third kappa shape index (κ3) is 3.73. The first-order valence-corrected chi connectivity index (χ1v) is 7.35. The van der Waals surface area contributed by atoms with Crippen LogP contribution in [0.3, 0.4) is 0 Å². The van der Waals surface area contributed by atoms with Gasteiger partial charge >= 0.3 is 5.97 Å². The molecule has 1 aromatic rings. The van der Waals surface area contributed by atoms with Gasteiger partial charge in [-0.2, -0.15) is 0 Å². The topological polar surface area (TPSA) is 58.6 Å². The van der Waals surface area contributed by atoms with Gasteiger partial charge in [0.25, 0.3) is 0 Å². The van der Waals surface area contributed by atoms with Crippen LogP contribution >= 0.6 is 0 Å². The van der Waals surface area contributed by atoms with Crippen molar-refractivity contribution < 1.29 is 19.0 Å². The van der Waals surface area contributed by atoms with Crippen LogP contribution in [-0.4, -0.2) is 29.3 Å². The molecule has 0 radical (unpaired) electrons. The second-order valence-electron chi connectivity index (χ2n) is 5.77. The minimum absolute atomic E-state index is 0.0676. The first kappa shape index (κ1) is 15.8. The molecule has 0 saturated carbocycles. The monoisotopic (exact) mass is 295 g/mol. The van der Waals surface area contributed by atoms with Crippen LogP contribution in [0.1, 0.15) is 38.2 Å². The smallest absolute Gasteiger partial charge is 0.329 e. The van der Waals surface area contributed by atoms with E-state index in [1.165, 1.54) is 12.1 Å². The molecule has 5 heteroatoms. The van der Waals surface area contributed by atoms with Crippen LogP contribution in [0.2, 0.25) is 0 Å². The molecule has 0 aromatic heterocycles. The second kappa shape index (κ2) is 6.43. The minimum atomic E-state index is -1.08. The Morgan fingerprint density at radius 2 is 2.29 bits per heavy atom. The van der Waals surface area contributed by atoms with Crippen molar-refractivity contribution in [3.05, 3.63) is 29.6 Å². The molecule has 0 bridgehead atoms. The highest BCUT2D eigenvalue weighted by Gasteiger charge is 2.43. The standard InChI is InChI=1S/C16H22FNO3/c1-3-4-14-10-16(15(19)20,5-6-21-14)18-13-8-11(2)7-12(17)9-13/h7-9,14,18H,3-6,10H2,1-2H3,(H,19,20). The molecule has 2 N–H and O–H groups in total. The van der Waals surface area contributed by atoms with Crippen molar-refractivity contribution in [2.45, 2.75) is 51.2 Å². The summed E-state index contributed by atoms with van der Waals surface area (Å²) in [7, 11) is 0. The predicted octanol–water partition coefficient (Wildman–Crippen LogP) is 3.35. The molecular formula is C16H22FNO3. The van der Waals surface area contributed by atoms with Crippen molar-refractivity contribution >= 4 is 11.7 Å².